The van der Waals surface area contributed by atoms with Crippen LogP contribution in [-0.4, -0.2) is 27.6 Å². The number of rotatable bonds is 3. The van der Waals surface area contributed by atoms with E-state index in [0.717, 1.165) is 12.3 Å². The molecule has 0 atom stereocenters. The Hall–Kier alpha value is -2.18. The molecule has 0 aromatic carbocycles. The minimum Gasteiger partial charge on any atom is -0.501 e. The summed E-state index contributed by atoms with van der Waals surface area (Å²) in [5, 5.41) is 19.5. The molecule has 15 heavy (non-hydrogen) atoms. The number of hydrogen-bond donors (Lipinski definition) is 1. The van der Waals surface area contributed by atoms with Gasteiger partial charge in [-0.1, -0.05) is 0 Å². The van der Waals surface area contributed by atoms with Crippen LogP contribution in [-0.2, 0) is 4.74 Å². The minimum absolute atomic E-state index is 0.0278. The van der Waals surface area contributed by atoms with Gasteiger partial charge >= 0.3 is 11.8 Å². The van der Waals surface area contributed by atoms with Crippen molar-refractivity contribution in [1.29, 1.82) is 0 Å². The minimum atomic E-state index is -0.843. The maximum absolute atomic E-state index is 11.1. The first kappa shape index (κ1) is 10.9. The van der Waals surface area contributed by atoms with Gasteiger partial charge in [0.25, 0.3) is 0 Å². The van der Waals surface area contributed by atoms with E-state index in [2.05, 4.69) is 9.72 Å². The first-order chi connectivity index (χ1) is 7.06. The fourth-order valence-electron chi connectivity index (χ4n) is 0.913. The Kier molecular flexibility index (Phi) is 3.17. The van der Waals surface area contributed by atoms with E-state index in [1.54, 1.807) is 6.92 Å². The van der Waals surface area contributed by atoms with Crippen molar-refractivity contribution in [2.45, 2.75) is 6.92 Å². The summed E-state index contributed by atoms with van der Waals surface area (Å²) in [6.45, 7) is 1.80. The molecule has 0 spiro atoms. The number of ether oxygens (including phenoxy) is 1. The molecule has 0 aliphatic heterocycles. The van der Waals surface area contributed by atoms with Crippen molar-refractivity contribution in [3.05, 3.63) is 27.9 Å². The van der Waals surface area contributed by atoms with Crippen LogP contribution in [0.1, 0.15) is 17.3 Å². The van der Waals surface area contributed by atoms with Gasteiger partial charge in [-0.25, -0.2) is 4.79 Å². The van der Waals surface area contributed by atoms with E-state index in [0.29, 0.717) is 0 Å². The summed E-state index contributed by atoms with van der Waals surface area (Å²) >= 11 is 0. The molecule has 0 amide bonds. The molecule has 7 heteroatoms. The predicted octanol–water partition coefficient (Wildman–Crippen LogP) is 0.872. The molecule has 80 valence electrons. The van der Waals surface area contributed by atoms with E-state index in [9.17, 15) is 14.9 Å². The van der Waals surface area contributed by atoms with E-state index in [1.165, 1.54) is 0 Å². The van der Waals surface area contributed by atoms with E-state index >= 15 is 0 Å². The van der Waals surface area contributed by atoms with Crippen LogP contribution in [0.3, 0.4) is 0 Å². The van der Waals surface area contributed by atoms with Crippen molar-refractivity contribution in [3.8, 4) is 5.75 Å². The number of pyridine rings is 1. The Balaban J connectivity index is 3.01. The molecule has 0 radical (unpaired) electrons. The number of aromatic nitrogens is 1. The molecule has 1 aromatic rings. The van der Waals surface area contributed by atoms with Crippen LogP contribution >= 0.6 is 0 Å². The van der Waals surface area contributed by atoms with Crippen LogP contribution < -0.4 is 0 Å². The number of esters is 1. The molecule has 1 rings (SSSR count). The number of carbonyl (C=O) groups is 1. The predicted molar refractivity (Wildman–Crippen MR) is 48.5 cm³/mol. The second kappa shape index (κ2) is 4.36. The smallest absolute Gasteiger partial charge is 0.405 e. The molecule has 0 aliphatic rings. The number of aromatic hydroxyl groups is 1. The largest absolute Gasteiger partial charge is 0.501 e. The van der Waals surface area contributed by atoms with Crippen molar-refractivity contribution in [2.75, 3.05) is 6.61 Å². The lowest BCUT2D eigenvalue weighted by molar-refractivity contribution is -0.390. The summed E-state index contributed by atoms with van der Waals surface area (Å²) in [7, 11) is 0. The van der Waals surface area contributed by atoms with Crippen LogP contribution in [0.25, 0.3) is 0 Å². The summed E-state index contributed by atoms with van der Waals surface area (Å²) in [5.74, 6) is -2.04. The third kappa shape index (κ3) is 2.39. The van der Waals surface area contributed by atoms with Gasteiger partial charge in [-0.3, -0.25) is 0 Å². The third-order valence-electron chi connectivity index (χ3n) is 1.53. The van der Waals surface area contributed by atoms with E-state index in [-0.39, 0.29) is 12.2 Å². The standard InChI is InChI=1S/C8H8N2O5/c1-2-15-8(12)5-3-6(11)7(9-4-5)10(13)14/h3-4,11H,2H2,1H3. The van der Waals surface area contributed by atoms with Crippen LogP contribution in [0.5, 0.6) is 5.75 Å². The zero-order valence-corrected chi connectivity index (χ0v) is 7.84. The monoisotopic (exact) mass is 212 g/mol. The number of carbonyl (C=O) groups excluding carboxylic acids is 1. The molecule has 1 N–H and O–H groups in total. The Bertz CT molecular complexity index is 404. The fraction of sp³-hybridized carbons (Fsp3) is 0.250. The zero-order valence-electron chi connectivity index (χ0n) is 7.84. The molecule has 0 bridgehead atoms. The van der Waals surface area contributed by atoms with Gasteiger partial charge in [-0.05, 0) is 16.8 Å². The zero-order chi connectivity index (χ0) is 11.4. The van der Waals surface area contributed by atoms with Crippen molar-refractivity contribution in [2.24, 2.45) is 0 Å². The second-order valence-corrected chi connectivity index (χ2v) is 2.54. The highest BCUT2D eigenvalue weighted by atomic mass is 16.6. The molecule has 0 aliphatic carbocycles. The third-order valence-corrected chi connectivity index (χ3v) is 1.53. The molecule has 0 saturated carbocycles. The van der Waals surface area contributed by atoms with Gasteiger partial charge in [0.2, 0.25) is 5.75 Å². The van der Waals surface area contributed by atoms with Gasteiger partial charge in [0.15, 0.2) is 6.20 Å². The lowest BCUT2D eigenvalue weighted by Crippen LogP contribution is -2.05. The van der Waals surface area contributed by atoms with Crippen LogP contribution in [0.15, 0.2) is 12.3 Å². The number of hydrogen-bond acceptors (Lipinski definition) is 6. The Morgan fingerprint density at radius 3 is 2.87 bits per heavy atom. The summed E-state index contributed by atoms with van der Waals surface area (Å²) in [6, 6.07) is 0.948. The highest BCUT2D eigenvalue weighted by Crippen LogP contribution is 2.23. The topological polar surface area (TPSA) is 103 Å². The summed E-state index contributed by atoms with van der Waals surface area (Å²) in [5.41, 5.74) is -0.0278. The second-order valence-electron chi connectivity index (χ2n) is 2.54. The highest BCUT2D eigenvalue weighted by Gasteiger charge is 2.18. The van der Waals surface area contributed by atoms with Crippen molar-refractivity contribution in [3.63, 3.8) is 0 Å². The Labute approximate surface area is 84.5 Å². The summed E-state index contributed by atoms with van der Waals surface area (Å²) < 4.78 is 4.62. The maximum Gasteiger partial charge on any atom is 0.405 e. The van der Waals surface area contributed by atoms with Crippen molar-refractivity contribution in [1.82, 2.24) is 4.98 Å². The lowest BCUT2D eigenvalue weighted by atomic mass is 10.3. The Morgan fingerprint density at radius 2 is 2.40 bits per heavy atom. The summed E-state index contributed by atoms with van der Waals surface area (Å²) in [6.07, 6.45) is 0.982. The molecule has 0 saturated heterocycles. The Morgan fingerprint density at radius 1 is 1.73 bits per heavy atom. The van der Waals surface area contributed by atoms with Crippen LogP contribution in [0.4, 0.5) is 5.82 Å². The average molecular weight is 212 g/mol. The van der Waals surface area contributed by atoms with Crippen LogP contribution in [0.2, 0.25) is 0 Å². The first-order valence-corrected chi connectivity index (χ1v) is 4.06. The molecule has 1 aromatic heterocycles. The van der Waals surface area contributed by atoms with Crippen LogP contribution in [0, 0.1) is 10.1 Å². The quantitative estimate of drug-likeness (QED) is 0.453. The molecule has 0 fully saturated rings. The van der Waals surface area contributed by atoms with Gasteiger partial charge in [0.1, 0.15) is 5.56 Å². The van der Waals surface area contributed by atoms with E-state index in [4.69, 9.17) is 5.11 Å². The lowest BCUT2D eigenvalue weighted by Gasteiger charge is -2.00. The number of nitrogens with zero attached hydrogens (tertiary/aromatic N) is 2. The van der Waals surface area contributed by atoms with Gasteiger partial charge in [0.05, 0.1) is 6.61 Å². The van der Waals surface area contributed by atoms with Gasteiger partial charge in [0, 0.05) is 6.07 Å². The average Bonchev–Trinajstić information content (AvgIpc) is 2.17. The van der Waals surface area contributed by atoms with Gasteiger partial charge in [-0.2, -0.15) is 0 Å². The maximum atomic E-state index is 11.1. The normalized spacial score (nSPS) is 9.67. The molecule has 0 unspecified atom stereocenters. The molecule has 1 heterocycles. The molecular weight excluding hydrogens is 204 g/mol. The van der Waals surface area contributed by atoms with Crippen molar-refractivity contribution >= 4 is 11.8 Å². The van der Waals surface area contributed by atoms with E-state index in [1.807, 2.05) is 0 Å². The fourth-order valence-corrected chi connectivity index (χ4v) is 0.913. The molecule has 7 nitrogen and oxygen atoms in total. The van der Waals surface area contributed by atoms with Gasteiger partial charge < -0.3 is 20.0 Å². The highest BCUT2D eigenvalue weighted by molar-refractivity contribution is 5.89. The van der Waals surface area contributed by atoms with Gasteiger partial charge in [-0.15, -0.1) is 0 Å². The summed E-state index contributed by atoms with van der Waals surface area (Å²) in [4.78, 5) is 23.9. The molecular formula is C8H8N2O5. The van der Waals surface area contributed by atoms with E-state index < -0.39 is 22.5 Å². The SMILES string of the molecule is CCOC(=O)c1cnc([N+](=O)[O-])c(O)c1. The first-order valence-electron chi connectivity index (χ1n) is 4.06. The number of nitro groups is 1. The van der Waals surface area contributed by atoms with Crippen molar-refractivity contribution < 1.29 is 19.6 Å².